The van der Waals surface area contributed by atoms with Gasteiger partial charge in [-0.2, -0.15) is 0 Å². The second-order valence-corrected chi connectivity index (χ2v) is 6.55. The third-order valence-corrected chi connectivity index (χ3v) is 4.24. The molecular weight excluding hydrogens is 320 g/mol. The summed E-state index contributed by atoms with van der Waals surface area (Å²) in [5, 5.41) is 16.4. The van der Waals surface area contributed by atoms with Crippen molar-refractivity contribution in [2.45, 2.75) is 17.7 Å². The van der Waals surface area contributed by atoms with Gasteiger partial charge in [-0.15, -0.1) is 0 Å². The van der Waals surface area contributed by atoms with E-state index in [-0.39, 0.29) is 12.2 Å². The summed E-state index contributed by atoms with van der Waals surface area (Å²) in [7, 11) is -4.18. The minimum atomic E-state index is -4.18. The molecule has 0 amide bonds. The molecule has 0 aliphatic heterocycles. The Morgan fingerprint density at radius 1 is 1.17 bits per heavy atom. The minimum absolute atomic E-state index is 0.166. The normalized spacial score (nSPS) is 12.6. The number of hydrogen-bond donors (Lipinski definition) is 1. The summed E-state index contributed by atoms with van der Waals surface area (Å²) in [6.07, 6.45) is 0. The van der Waals surface area contributed by atoms with Crippen LogP contribution in [0.2, 0.25) is 0 Å². The first-order chi connectivity index (χ1) is 10.8. The molecular formula is C15H16N2O5S. The summed E-state index contributed by atoms with van der Waals surface area (Å²) in [5.74, 6) is 0.238. The molecule has 23 heavy (non-hydrogen) atoms. The predicted molar refractivity (Wildman–Crippen MR) is 84.8 cm³/mol. The Hall–Kier alpha value is -2.45. The fourth-order valence-corrected chi connectivity index (χ4v) is 2.92. The van der Waals surface area contributed by atoms with Crippen molar-refractivity contribution in [1.82, 2.24) is 0 Å². The van der Waals surface area contributed by atoms with Gasteiger partial charge in [0.05, 0.1) is 11.5 Å². The molecule has 0 aliphatic rings. The van der Waals surface area contributed by atoms with Crippen molar-refractivity contribution in [3.05, 3.63) is 64.2 Å². The third-order valence-electron chi connectivity index (χ3n) is 3.29. The average Bonchev–Trinajstić information content (AvgIpc) is 2.52. The van der Waals surface area contributed by atoms with E-state index < -0.39 is 31.4 Å². The van der Waals surface area contributed by atoms with Gasteiger partial charge in [0.2, 0.25) is 10.0 Å². The molecule has 2 N–H and O–H groups in total. The molecule has 7 nitrogen and oxygen atoms in total. The summed E-state index contributed by atoms with van der Waals surface area (Å²) in [5.41, 5.74) is -0.239. The van der Waals surface area contributed by atoms with E-state index in [9.17, 15) is 18.5 Å². The molecule has 0 saturated heterocycles. The van der Waals surface area contributed by atoms with Gasteiger partial charge >= 0.3 is 0 Å². The van der Waals surface area contributed by atoms with Crippen molar-refractivity contribution in [3.63, 3.8) is 0 Å². The van der Waals surface area contributed by atoms with E-state index in [2.05, 4.69) is 0 Å². The maximum absolute atomic E-state index is 11.6. The number of nitrogens with zero attached hydrogens (tertiary/aromatic N) is 1. The van der Waals surface area contributed by atoms with Gasteiger partial charge in [-0.3, -0.25) is 10.1 Å². The monoisotopic (exact) mass is 336 g/mol. The zero-order valence-electron chi connectivity index (χ0n) is 12.4. The van der Waals surface area contributed by atoms with Crippen LogP contribution in [-0.2, 0) is 10.0 Å². The van der Waals surface area contributed by atoms with Crippen LogP contribution in [0.3, 0.4) is 0 Å². The number of sulfonamides is 1. The van der Waals surface area contributed by atoms with E-state index in [0.29, 0.717) is 5.75 Å². The molecule has 122 valence electrons. The lowest BCUT2D eigenvalue weighted by molar-refractivity contribution is -0.388. The molecule has 8 heteroatoms. The average molecular weight is 336 g/mol. The van der Waals surface area contributed by atoms with Crippen molar-refractivity contribution >= 4 is 15.7 Å². The minimum Gasteiger partial charge on any atom is -0.493 e. The van der Waals surface area contributed by atoms with Crippen LogP contribution in [-0.4, -0.2) is 19.9 Å². The number of primary sulfonamides is 1. The number of benzene rings is 2. The number of para-hydroxylation sites is 2. The summed E-state index contributed by atoms with van der Waals surface area (Å²) in [4.78, 5) is 10.1. The van der Waals surface area contributed by atoms with Crippen LogP contribution in [0.1, 0.15) is 18.4 Å². The summed E-state index contributed by atoms with van der Waals surface area (Å²) in [6.45, 7) is 1.89. The Kier molecular flexibility index (Phi) is 4.97. The standard InChI is InChI=1S/C15H16N2O5S/c1-11(10-22-12-6-3-2-4-7-12)13-8-5-9-14(23(16,20)21)15(13)17(18)19/h2-9,11H,10H2,1H3,(H2,16,20,21). The Morgan fingerprint density at radius 3 is 2.39 bits per heavy atom. The first-order valence-corrected chi connectivity index (χ1v) is 8.33. The van der Waals surface area contributed by atoms with Crippen molar-refractivity contribution in [3.8, 4) is 5.75 Å². The summed E-state index contributed by atoms with van der Waals surface area (Å²) < 4.78 is 28.7. The van der Waals surface area contributed by atoms with Gasteiger partial charge in [0, 0.05) is 11.5 Å². The van der Waals surface area contributed by atoms with Crippen LogP contribution in [0, 0.1) is 10.1 Å². The third kappa shape index (κ3) is 4.05. The highest BCUT2D eigenvalue weighted by Crippen LogP contribution is 2.32. The van der Waals surface area contributed by atoms with Gasteiger partial charge in [0.1, 0.15) is 5.75 Å². The number of ether oxygens (including phenoxy) is 1. The first kappa shape index (κ1) is 16.9. The molecule has 0 bridgehead atoms. The lowest BCUT2D eigenvalue weighted by atomic mass is 10.00. The molecule has 1 atom stereocenters. The molecule has 0 radical (unpaired) electrons. The molecule has 0 fully saturated rings. The van der Waals surface area contributed by atoms with E-state index in [0.717, 1.165) is 6.07 Å². The zero-order valence-corrected chi connectivity index (χ0v) is 13.2. The van der Waals surface area contributed by atoms with Crippen molar-refractivity contribution in [2.24, 2.45) is 5.14 Å². The van der Waals surface area contributed by atoms with E-state index in [1.54, 1.807) is 19.1 Å². The largest absolute Gasteiger partial charge is 0.493 e. The van der Waals surface area contributed by atoms with Crippen molar-refractivity contribution in [2.75, 3.05) is 6.61 Å². The van der Waals surface area contributed by atoms with Gasteiger partial charge in [-0.1, -0.05) is 37.3 Å². The topological polar surface area (TPSA) is 113 Å². The Morgan fingerprint density at radius 2 is 1.83 bits per heavy atom. The summed E-state index contributed by atoms with van der Waals surface area (Å²) in [6, 6.07) is 13.1. The lowest BCUT2D eigenvalue weighted by Gasteiger charge is -2.15. The summed E-state index contributed by atoms with van der Waals surface area (Å²) >= 11 is 0. The zero-order chi connectivity index (χ0) is 17.0. The maximum Gasteiger partial charge on any atom is 0.292 e. The second-order valence-electron chi connectivity index (χ2n) is 5.02. The van der Waals surface area contributed by atoms with Gasteiger partial charge < -0.3 is 4.74 Å². The molecule has 0 aromatic heterocycles. The van der Waals surface area contributed by atoms with Crippen molar-refractivity contribution in [1.29, 1.82) is 0 Å². The molecule has 0 aliphatic carbocycles. The van der Waals surface area contributed by atoms with E-state index in [1.165, 1.54) is 12.1 Å². The Balaban J connectivity index is 2.33. The molecule has 2 rings (SSSR count). The fourth-order valence-electron chi connectivity index (χ4n) is 2.19. The fraction of sp³-hybridized carbons (Fsp3) is 0.200. The smallest absolute Gasteiger partial charge is 0.292 e. The first-order valence-electron chi connectivity index (χ1n) is 6.78. The highest BCUT2D eigenvalue weighted by molar-refractivity contribution is 7.89. The SMILES string of the molecule is CC(COc1ccccc1)c1cccc(S(N)(=O)=O)c1[N+](=O)[O-]. The quantitative estimate of drug-likeness (QED) is 0.643. The highest BCUT2D eigenvalue weighted by atomic mass is 32.2. The van der Waals surface area contributed by atoms with E-state index >= 15 is 0 Å². The number of nitro benzene ring substituents is 1. The van der Waals surface area contributed by atoms with Crippen LogP contribution in [0.15, 0.2) is 53.4 Å². The lowest BCUT2D eigenvalue weighted by Crippen LogP contribution is -2.17. The molecule has 2 aromatic rings. The van der Waals surface area contributed by atoms with Crippen LogP contribution in [0.5, 0.6) is 5.75 Å². The predicted octanol–water partition coefficient (Wildman–Crippen LogP) is 2.42. The van der Waals surface area contributed by atoms with Crippen LogP contribution in [0.25, 0.3) is 0 Å². The number of hydrogen-bond acceptors (Lipinski definition) is 5. The van der Waals surface area contributed by atoms with Gasteiger partial charge in [-0.25, -0.2) is 13.6 Å². The van der Waals surface area contributed by atoms with E-state index in [1.807, 2.05) is 18.2 Å². The van der Waals surface area contributed by atoms with Gasteiger partial charge in [-0.05, 0) is 18.2 Å². The van der Waals surface area contributed by atoms with E-state index in [4.69, 9.17) is 9.88 Å². The molecule has 0 spiro atoms. The van der Waals surface area contributed by atoms with Crippen molar-refractivity contribution < 1.29 is 18.1 Å². The van der Waals surface area contributed by atoms with Gasteiger partial charge in [0.25, 0.3) is 5.69 Å². The second kappa shape index (κ2) is 6.76. The highest BCUT2D eigenvalue weighted by Gasteiger charge is 2.28. The molecule has 0 saturated carbocycles. The number of nitro groups is 1. The molecule has 2 aromatic carbocycles. The molecule has 1 unspecified atom stereocenters. The van der Waals surface area contributed by atoms with Crippen LogP contribution >= 0.6 is 0 Å². The number of nitrogens with two attached hydrogens (primary N) is 1. The Bertz CT molecular complexity index is 806. The molecule has 0 heterocycles. The maximum atomic E-state index is 11.6. The van der Waals surface area contributed by atoms with Gasteiger partial charge in [0.15, 0.2) is 4.90 Å². The Labute approximate surface area is 133 Å². The number of rotatable bonds is 6. The van der Waals surface area contributed by atoms with Crippen LogP contribution in [0.4, 0.5) is 5.69 Å². The van der Waals surface area contributed by atoms with Crippen LogP contribution < -0.4 is 9.88 Å².